The molecule has 0 aliphatic heterocycles. The first kappa shape index (κ1) is 62.8. The fraction of sp³-hybridized carbons (Fsp3) is 0.704. The number of aliphatic carboxylic acids is 2. The topological polar surface area (TPSA) is 151 Å². The van der Waals surface area contributed by atoms with Crippen molar-refractivity contribution < 1.29 is 48.3 Å². The summed E-state index contributed by atoms with van der Waals surface area (Å²) in [5.74, 6) is -2.30. The fourth-order valence-corrected chi connectivity index (χ4v) is 7.89. The minimum absolute atomic E-state index is 0. The van der Waals surface area contributed by atoms with Gasteiger partial charge in [0, 0.05) is 25.8 Å². The molecule has 4 unspecified atom stereocenters. The number of carboxylic acids is 2. The molecule has 4 atom stereocenters. The number of ether oxygens (including phenoxy) is 4. The summed E-state index contributed by atoms with van der Waals surface area (Å²) in [7, 11) is 0. The maximum absolute atomic E-state index is 10.9. The molecular formula is C54H86BaO10. The van der Waals surface area contributed by atoms with Gasteiger partial charge in [0.25, 0.3) is 0 Å². The molecule has 2 aromatic rings. The molecule has 65 heavy (non-hydrogen) atoms. The fourth-order valence-electron chi connectivity index (χ4n) is 7.89. The molecule has 0 heterocycles. The number of esters is 2. The van der Waals surface area contributed by atoms with Crippen LogP contribution in [-0.4, -0.2) is 97.2 Å². The number of carboxylic acid groups (broad SMARTS) is 2. The van der Waals surface area contributed by atoms with Crippen LogP contribution in [-0.2, 0) is 51.3 Å². The molecule has 0 amide bonds. The largest absolute Gasteiger partial charge is 2.00 e. The van der Waals surface area contributed by atoms with Crippen LogP contribution >= 0.6 is 0 Å². The molecule has 0 aromatic heterocycles. The van der Waals surface area contributed by atoms with Gasteiger partial charge in [-0.25, -0.2) is 0 Å². The van der Waals surface area contributed by atoms with E-state index < -0.39 is 11.9 Å². The van der Waals surface area contributed by atoms with Gasteiger partial charge in [0.2, 0.25) is 0 Å². The number of carbonyl (C=O) groups is 4. The van der Waals surface area contributed by atoms with E-state index in [1.165, 1.54) is 102 Å². The van der Waals surface area contributed by atoms with Crippen molar-refractivity contribution in [2.75, 3.05) is 0 Å². The molecule has 0 spiro atoms. The smallest absolute Gasteiger partial charge is 0.550 e. The van der Waals surface area contributed by atoms with E-state index in [-0.39, 0.29) is 98.1 Å². The van der Waals surface area contributed by atoms with Crippen molar-refractivity contribution in [1.29, 1.82) is 0 Å². The van der Waals surface area contributed by atoms with E-state index >= 15 is 0 Å². The number of benzene rings is 2. The zero-order valence-electron chi connectivity index (χ0n) is 41.1. The molecule has 0 aliphatic carbocycles. The quantitative estimate of drug-likeness (QED) is 0.0358. The predicted octanol–water partition coefficient (Wildman–Crippen LogP) is 11.1. The van der Waals surface area contributed by atoms with Gasteiger partial charge in [0.1, 0.15) is 0 Å². The van der Waals surface area contributed by atoms with E-state index in [1.807, 2.05) is 50.2 Å². The van der Waals surface area contributed by atoms with Crippen LogP contribution in [0.25, 0.3) is 0 Å². The van der Waals surface area contributed by atoms with Gasteiger partial charge in [-0.1, -0.05) is 163 Å². The van der Waals surface area contributed by atoms with Crippen LogP contribution in [0.1, 0.15) is 219 Å². The van der Waals surface area contributed by atoms with Crippen LogP contribution < -0.4 is 10.2 Å². The van der Waals surface area contributed by atoms with E-state index in [0.29, 0.717) is 26.1 Å². The molecule has 364 valence electrons. The van der Waals surface area contributed by atoms with Gasteiger partial charge in [-0.2, -0.15) is 0 Å². The molecule has 10 nitrogen and oxygen atoms in total. The molecule has 0 N–H and O–H groups in total. The van der Waals surface area contributed by atoms with Crippen molar-refractivity contribution >= 4 is 72.8 Å². The Balaban J connectivity index is 0.00000124. The summed E-state index contributed by atoms with van der Waals surface area (Å²) in [6.07, 6.45) is 28.9. The zero-order chi connectivity index (χ0) is 46.9. The average Bonchev–Trinajstić information content (AvgIpc) is 3.25. The summed E-state index contributed by atoms with van der Waals surface area (Å²) >= 11 is 0. The summed E-state index contributed by atoms with van der Waals surface area (Å²) < 4.78 is 22.7. The Morgan fingerprint density at radius 2 is 0.677 bits per heavy atom. The van der Waals surface area contributed by atoms with Crippen molar-refractivity contribution in [1.82, 2.24) is 0 Å². The second kappa shape index (κ2) is 44.3. The second-order valence-electron chi connectivity index (χ2n) is 17.7. The van der Waals surface area contributed by atoms with Gasteiger partial charge < -0.3 is 38.7 Å². The molecule has 2 rings (SSSR count). The molecule has 0 saturated carbocycles. The number of carbonyl (C=O) groups excluding carboxylic acids is 4. The Morgan fingerprint density at radius 3 is 0.954 bits per heavy atom. The summed E-state index contributed by atoms with van der Waals surface area (Å²) in [6.45, 7) is 8.12. The summed E-state index contributed by atoms with van der Waals surface area (Å²) in [6, 6.07) is 20.5. The maximum Gasteiger partial charge on any atom is 2.00 e. The minimum atomic E-state index is -0.958. The van der Waals surface area contributed by atoms with Crippen molar-refractivity contribution in [2.24, 2.45) is 0 Å². The maximum atomic E-state index is 10.9. The Bertz CT molecular complexity index is 1320. The van der Waals surface area contributed by atoms with Gasteiger partial charge in [-0.3, -0.25) is 9.59 Å². The van der Waals surface area contributed by atoms with Crippen LogP contribution in [0.5, 0.6) is 0 Å². The molecule has 11 heteroatoms. The van der Waals surface area contributed by atoms with Gasteiger partial charge in [-0.05, 0) is 102 Å². The Hall–Kier alpha value is -2.19. The molecule has 0 fully saturated rings. The number of unbranched alkanes of at least 4 members (excludes halogenated alkanes) is 16. The van der Waals surface area contributed by atoms with E-state index in [1.54, 1.807) is 0 Å². The summed E-state index contributed by atoms with van der Waals surface area (Å²) in [5.41, 5.74) is 2.38. The Kier molecular flexibility index (Phi) is 42.8. The third-order valence-electron chi connectivity index (χ3n) is 11.5. The first-order valence-electron chi connectivity index (χ1n) is 25.0. The first-order valence-corrected chi connectivity index (χ1v) is 25.0. The molecule has 0 aliphatic rings. The van der Waals surface area contributed by atoms with E-state index in [9.17, 15) is 29.4 Å². The van der Waals surface area contributed by atoms with Crippen LogP contribution in [0.4, 0.5) is 0 Å². The molecule has 0 radical (unpaired) electrons. The van der Waals surface area contributed by atoms with Crippen LogP contribution in [0.15, 0.2) is 60.7 Å². The van der Waals surface area contributed by atoms with E-state index in [2.05, 4.69) is 24.3 Å². The zero-order valence-corrected chi connectivity index (χ0v) is 45.5. The van der Waals surface area contributed by atoms with Gasteiger partial charge in [-0.15, -0.1) is 0 Å². The molecule has 2 aromatic carbocycles. The van der Waals surface area contributed by atoms with Crippen LogP contribution in [0.2, 0.25) is 0 Å². The Labute approximate surface area is 434 Å². The van der Waals surface area contributed by atoms with E-state index in [0.717, 1.165) is 77.0 Å². The summed E-state index contributed by atoms with van der Waals surface area (Å²) in [4.78, 5) is 42.9. The van der Waals surface area contributed by atoms with Gasteiger partial charge >= 0.3 is 60.8 Å². The van der Waals surface area contributed by atoms with Crippen molar-refractivity contribution in [3.8, 4) is 0 Å². The minimum Gasteiger partial charge on any atom is -0.550 e. The van der Waals surface area contributed by atoms with Crippen molar-refractivity contribution in [3.63, 3.8) is 0 Å². The second-order valence-corrected chi connectivity index (χ2v) is 17.7. The van der Waals surface area contributed by atoms with Crippen molar-refractivity contribution in [3.05, 3.63) is 71.8 Å². The average molecular weight is 1030 g/mol. The third-order valence-corrected chi connectivity index (χ3v) is 11.5. The SMILES string of the molecule is CC(=O)OC(C)CCCCCCCCCC(CCCCCC(=O)[O-])OCc1ccccc1.CC(=O)OC(C)CCCCCCCCCC(CCCCCC(=O)[O-])OCc1ccccc1.[Ba+2]. The van der Waals surface area contributed by atoms with E-state index in [4.69, 9.17) is 18.9 Å². The monoisotopic (exact) mass is 1030 g/mol. The number of rotatable bonds is 40. The third kappa shape index (κ3) is 42.9. The van der Waals surface area contributed by atoms with Gasteiger partial charge in [0.05, 0.1) is 37.6 Å². The summed E-state index contributed by atoms with van der Waals surface area (Å²) in [5, 5.41) is 21.1. The normalized spacial score (nSPS) is 12.7. The van der Waals surface area contributed by atoms with Gasteiger partial charge in [0.15, 0.2) is 0 Å². The molecule has 0 saturated heterocycles. The Morgan fingerprint density at radius 1 is 0.415 bits per heavy atom. The standard InChI is InChI=1S/2C27H44O5.Ba/c2*1-23(32-24(2)28)16-10-6-4-3-5-7-13-19-26(20-14-9-15-21-27(29)30)31-22-25-17-11-8-12-18-25;/h2*8,11-12,17-18,23,26H,3-7,9-10,13-16,19-22H2,1-2H3,(H,29,30);/q;;+2/p-2. The van der Waals surface area contributed by atoms with Crippen molar-refractivity contribution in [2.45, 2.75) is 245 Å². The predicted molar refractivity (Wildman–Crippen MR) is 258 cm³/mol. The molecular weight excluding hydrogens is 946 g/mol. The number of hydrogen-bond acceptors (Lipinski definition) is 10. The van der Waals surface area contributed by atoms with Crippen LogP contribution in [0.3, 0.4) is 0 Å². The van der Waals surface area contributed by atoms with Crippen LogP contribution in [0, 0.1) is 0 Å². The number of hydrogen-bond donors (Lipinski definition) is 0. The first-order chi connectivity index (χ1) is 30.9. The molecule has 0 bridgehead atoms.